The minimum absolute atomic E-state index is 0.254. The molecule has 0 aromatic heterocycles. The van der Waals surface area contributed by atoms with Crippen molar-refractivity contribution >= 4 is 12.1 Å². The first-order valence-electron chi connectivity index (χ1n) is 13.8. The van der Waals surface area contributed by atoms with Gasteiger partial charge in [-0.25, -0.2) is 9.59 Å². The Hall–Kier alpha value is -1.26. The number of ether oxygens (including phenoxy) is 2. The number of hydrogen-bond donors (Lipinski definition) is 0. The lowest BCUT2D eigenvalue weighted by Crippen LogP contribution is -2.49. The van der Waals surface area contributed by atoms with Crippen LogP contribution in [0.15, 0.2) is 0 Å². The molecular formula is C27H51NO4. The third-order valence-electron chi connectivity index (χ3n) is 6.48. The lowest BCUT2D eigenvalue weighted by atomic mass is 10.0. The SMILES string of the molecule is CCCCCCCCCCCCCCOC(=O)C1CCCCN1C(=O)OCCCCCC. The maximum absolute atomic E-state index is 12.6. The Morgan fingerprint density at radius 2 is 1.12 bits per heavy atom. The molecule has 32 heavy (non-hydrogen) atoms. The monoisotopic (exact) mass is 453 g/mol. The van der Waals surface area contributed by atoms with Crippen LogP contribution in [-0.4, -0.2) is 42.8 Å². The molecule has 1 rings (SSSR count). The van der Waals surface area contributed by atoms with Gasteiger partial charge >= 0.3 is 12.1 Å². The number of amides is 1. The second kappa shape index (κ2) is 20.4. The van der Waals surface area contributed by atoms with Crippen molar-refractivity contribution in [2.45, 2.75) is 142 Å². The van der Waals surface area contributed by atoms with Crippen LogP contribution in [0.3, 0.4) is 0 Å². The molecule has 188 valence electrons. The van der Waals surface area contributed by atoms with Crippen LogP contribution in [0, 0.1) is 0 Å². The molecule has 1 heterocycles. The average molecular weight is 454 g/mol. The summed E-state index contributed by atoms with van der Waals surface area (Å²) in [6.07, 6.45) is 22.0. The second-order valence-corrected chi connectivity index (χ2v) is 9.44. The van der Waals surface area contributed by atoms with Gasteiger partial charge < -0.3 is 9.47 Å². The Morgan fingerprint density at radius 1 is 0.656 bits per heavy atom. The molecule has 5 heteroatoms. The highest BCUT2D eigenvalue weighted by Crippen LogP contribution is 2.20. The number of esters is 1. The summed E-state index contributed by atoms with van der Waals surface area (Å²) in [6, 6.07) is -0.468. The average Bonchev–Trinajstić information content (AvgIpc) is 2.81. The summed E-state index contributed by atoms with van der Waals surface area (Å²) in [5, 5.41) is 0. The topological polar surface area (TPSA) is 55.8 Å². The number of likely N-dealkylation sites (tertiary alicyclic amines) is 1. The van der Waals surface area contributed by atoms with Crippen LogP contribution >= 0.6 is 0 Å². The van der Waals surface area contributed by atoms with Gasteiger partial charge in [-0.15, -0.1) is 0 Å². The molecule has 1 unspecified atom stereocenters. The first kappa shape index (κ1) is 28.8. The summed E-state index contributed by atoms with van der Waals surface area (Å²) in [5.41, 5.74) is 0. The van der Waals surface area contributed by atoms with Crippen LogP contribution in [0.1, 0.15) is 136 Å². The van der Waals surface area contributed by atoms with E-state index in [0.29, 0.717) is 26.2 Å². The molecule has 0 radical (unpaired) electrons. The highest BCUT2D eigenvalue weighted by atomic mass is 16.6. The molecule has 0 N–H and O–H groups in total. The summed E-state index contributed by atoms with van der Waals surface area (Å²) in [4.78, 5) is 26.6. The first-order chi connectivity index (χ1) is 15.7. The lowest BCUT2D eigenvalue weighted by molar-refractivity contribution is -0.150. The predicted octanol–water partition coefficient (Wildman–Crippen LogP) is 7.80. The summed E-state index contributed by atoms with van der Waals surface area (Å²) in [6.45, 7) is 5.92. The Kier molecular flexibility index (Phi) is 18.3. The van der Waals surface area contributed by atoms with Gasteiger partial charge in [0.2, 0.25) is 0 Å². The van der Waals surface area contributed by atoms with Gasteiger partial charge in [-0.05, 0) is 32.1 Å². The molecular weight excluding hydrogens is 402 g/mol. The van der Waals surface area contributed by atoms with Gasteiger partial charge in [-0.2, -0.15) is 0 Å². The molecule has 5 nitrogen and oxygen atoms in total. The van der Waals surface area contributed by atoms with Gasteiger partial charge in [0.1, 0.15) is 6.04 Å². The van der Waals surface area contributed by atoms with Crippen LogP contribution in [0.2, 0.25) is 0 Å². The van der Waals surface area contributed by atoms with E-state index >= 15 is 0 Å². The van der Waals surface area contributed by atoms with Gasteiger partial charge in [0.15, 0.2) is 0 Å². The van der Waals surface area contributed by atoms with Crippen molar-refractivity contribution in [3.63, 3.8) is 0 Å². The largest absolute Gasteiger partial charge is 0.464 e. The van der Waals surface area contributed by atoms with Crippen molar-refractivity contribution in [2.75, 3.05) is 19.8 Å². The van der Waals surface area contributed by atoms with E-state index in [1.165, 1.54) is 64.2 Å². The van der Waals surface area contributed by atoms with Crippen LogP contribution in [0.5, 0.6) is 0 Å². The van der Waals surface area contributed by atoms with Crippen molar-refractivity contribution in [2.24, 2.45) is 0 Å². The van der Waals surface area contributed by atoms with Crippen molar-refractivity contribution in [1.29, 1.82) is 0 Å². The van der Waals surface area contributed by atoms with Gasteiger partial charge in [-0.3, -0.25) is 4.90 Å². The Balaban J connectivity index is 2.08. The van der Waals surface area contributed by atoms with Crippen LogP contribution in [0.4, 0.5) is 4.79 Å². The van der Waals surface area contributed by atoms with E-state index in [1.807, 2.05) is 0 Å². The van der Waals surface area contributed by atoms with E-state index in [2.05, 4.69) is 13.8 Å². The van der Waals surface area contributed by atoms with E-state index in [4.69, 9.17) is 9.47 Å². The van der Waals surface area contributed by atoms with Gasteiger partial charge in [0, 0.05) is 6.54 Å². The quantitative estimate of drug-likeness (QED) is 0.148. The molecule has 0 aromatic carbocycles. The predicted molar refractivity (Wildman–Crippen MR) is 132 cm³/mol. The van der Waals surface area contributed by atoms with E-state index < -0.39 is 6.04 Å². The minimum Gasteiger partial charge on any atom is -0.464 e. The number of unbranched alkanes of at least 4 members (excludes halogenated alkanes) is 14. The number of hydrogen-bond acceptors (Lipinski definition) is 4. The minimum atomic E-state index is -0.468. The van der Waals surface area contributed by atoms with Gasteiger partial charge in [0.05, 0.1) is 13.2 Å². The molecule has 1 aliphatic heterocycles. The van der Waals surface area contributed by atoms with Crippen molar-refractivity contribution in [3.05, 3.63) is 0 Å². The summed E-state index contributed by atoms with van der Waals surface area (Å²) >= 11 is 0. The van der Waals surface area contributed by atoms with Crippen LogP contribution < -0.4 is 0 Å². The Morgan fingerprint density at radius 3 is 1.69 bits per heavy atom. The number of nitrogens with zero attached hydrogens (tertiary/aromatic N) is 1. The number of rotatable bonds is 19. The highest BCUT2D eigenvalue weighted by Gasteiger charge is 2.34. The molecule has 1 amide bonds. The molecule has 1 aliphatic rings. The summed E-state index contributed by atoms with van der Waals surface area (Å²) in [7, 11) is 0. The van der Waals surface area contributed by atoms with E-state index in [1.54, 1.807) is 4.90 Å². The third-order valence-corrected chi connectivity index (χ3v) is 6.48. The normalized spacial score (nSPS) is 16.2. The van der Waals surface area contributed by atoms with E-state index in [0.717, 1.165) is 51.4 Å². The van der Waals surface area contributed by atoms with Gasteiger partial charge in [0.25, 0.3) is 0 Å². The van der Waals surface area contributed by atoms with Crippen LogP contribution in [-0.2, 0) is 14.3 Å². The fraction of sp³-hybridized carbons (Fsp3) is 0.926. The summed E-state index contributed by atoms with van der Waals surface area (Å²) in [5.74, 6) is -0.254. The third kappa shape index (κ3) is 14.0. The Labute approximate surface area is 198 Å². The molecule has 1 atom stereocenters. The zero-order valence-corrected chi connectivity index (χ0v) is 21.2. The number of carbonyl (C=O) groups is 2. The Bertz CT molecular complexity index is 469. The maximum atomic E-state index is 12.6. The van der Waals surface area contributed by atoms with E-state index in [9.17, 15) is 9.59 Å². The zero-order valence-electron chi connectivity index (χ0n) is 21.2. The lowest BCUT2D eigenvalue weighted by Gasteiger charge is -2.33. The number of piperidine rings is 1. The fourth-order valence-electron chi connectivity index (χ4n) is 4.38. The molecule has 0 aliphatic carbocycles. The molecule has 1 saturated heterocycles. The molecule has 0 spiro atoms. The van der Waals surface area contributed by atoms with Crippen molar-refractivity contribution in [1.82, 2.24) is 4.90 Å². The molecule has 0 bridgehead atoms. The van der Waals surface area contributed by atoms with Crippen LogP contribution in [0.25, 0.3) is 0 Å². The van der Waals surface area contributed by atoms with Crippen molar-refractivity contribution in [3.8, 4) is 0 Å². The maximum Gasteiger partial charge on any atom is 0.410 e. The fourth-order valence-corrected chi connectivity index (χ4v) is 4.38. The highest BCUT2D eigenvalue weighted by molar-refractivity contribution is 5.81. The van der Waals surface area contributed by atoms with Gasteiger partial charge in [-0.1, -0.05) is 104 Å². The molecule has 0 saturated carbocycles. The number of carbonyl (C=O) groups excluding carboxylic acids is 2. The zero-order chi connectivity index (χ0) is 23.3. The smallest absolute Gasteiger partial charge is 0.410 e. The second-order valence-electron chi connectivity index (χ2n) is 9.44. The van der Waals surface area contributed by atoms with Crippen molar-refractivity contribution < 1.29 is 19.1 Å². The molecule has 0 aromatic rings. The standard InChI is InChI=1S/C27H51NO4/c1-3-5-7-9-10-11-12-13-14-15-16-20-23-31-26(29)25-21-17-18-22-28(25)27(30)32-24-19-8-6-4-2/h25H,3-24H2,1-2H3. The first-order valence-corrected chi connectivity index (χ1v) is 13.8. The molecule has 1 fully saturated rings. The van der Waals surface area contributed by atoms with E-state index in [-0.39, 0.29) is 12.1 Å². The summed E-state index contributed by atoms with van der Waals surface area (Å²) < 4.78 is 10.9.